The van der Waals surface area contributed by atoms with E-state index in [1.807, 2.05) is 0 Å². The molecule has 0 bridgehead atoms. The zero-order valence-corrected chi connectivity index (χ0v) is 13.3. The second-order valence-electron chi connectivity index (χ2n) is 4.69. The maximum absolute atomic E-state index is 5.46. The summed E-state index contributed by atoms with van der Waals surface area (Å²) in [6, 6.07) is 6.62. The summed E-state index contributed by atoms with van der Waals surface area (Å²) in [7, 11) is 1.76. The molecule has 0 amide bonds. The molecule has 2 rings (SSSR count). The lowest BCUT2D eigenvalue weighted by Gasteiger charge is -2.31. The Morgan fingerprint density at radius 3 is 2.56 bits per heavy atom. The van der Waals surface area contributed by atoms with E-state index in [2.05, 4.69) is 56.0 Å². The fourth-order valence-corrected chi connectivity index (χ4v) is 2.75. The van der Waals surface area contributed by atoms with Crippen LogP contribution >= 0.6 is 22.9 Å². The number of hydrogen-bond donors (Lipinski definition) is 0. The molecule has 0 saturated carbocycles. The molecule has 18 heavy (non-hydrogen) atoms. The van der Waals surface area contributed by atoms with Gasteiger partial charge in [0.2, 0.25) is 0 Å². The van der Waals surface area contributed by atoms with Crippen molar-refractivity contribution in [1.29, 1.82) is 0 Å². The summed E-state index contributed by atoms with van der Waals surface area (Å²) in [5.74, 6) is 1.03. The second-order valence-corrected chi connectivity index (χ2v) is 6.05. The van der Waals surface area contributed by atoms with Gasteiger partial charge in [0.05, 0.1) is 7.11 Å². The van der Waals surface area contributed by atoms with Crippen LogP contribution in [0.15, 0.2) is 18.2 Å². The molecule has 1 aromatic rings. The van der Waals surface area contributed by atoms with Gasteiger partial charge in [0.15, 0.2) is 0 Å². The summed E-state index contributed by atoms with van der Waals surface area (Å²) in [4.78, 5) is 2.51. The third-order valence-corrected chi connectivity index (χ3v) is 4.42. The number of hydrogen-bond acceptors (Lipinski definition) is 3. The molecule has 0 atom stereocenters. The van der Waals surface area contributed by atoms with Gasteiger partial charge in [0.1, 0.15) is 5.75 Å². The van der Waals surface area contributed by atoms with Crippen molar-refractivity contribution >= 4 is 22.9 Å². The van der Waals surface area contributed by atoms with Crippen LogP contribution in [0.5, 0.6) is 5.75 Å². The van der Waals surface area contributed by atoms with E-state index >= 15 is 0 Å². The van der Waals surface area contributed by atoms with Crippen molar-refractivity contribution in [2.45, 2.75) is 19.9 Å². The van der Waals surface area contributed by atoms with E-state index in [0.29, 0.717) is 0 Å². The second kappa shape index (κ2) is 6.73. The molecule has 0 aromatic heterocycles. The molecule has 0 N–H and O–H groups in total. The van der Waals surface area contributed by atoms with Crippen LogP contribution in [0.2, 0.25) is 0 Å². The third kappa shape index (κ3) is 3.59. The van der Waals surface area contributed by atoms with Crippen molar-refractivity contribution < 1.29 is 4.74 Å². The smallest absolute Gasteiger partial charge is 0.122 e. The average molecular weight is 360 g/mol. The van der Waals surface area contributed by atoms with Gasteiger partial charge in [-0.1, -0.05) is 19.1 Å². The molecule has 1 aliphatic heterocycles. The van der Waals surface area contributed by atoms with Gasteiger partial charge in [-0.15, -0.1) is 0 Å². The first kappa shape index (κ1) is 14.1. The summed E-state index contributed by atoms with van der Waals surface area (Å²) in [5, 5.41) is 0. The molecule has 3 nitrogen and oxygen atoms in total. The summed E-state index contributed by atoms with van der Waals surface area (Å²) in [6.45, 7) is 7.82. The lowest BCUT2D eigenvalue weighted by atomic mass is 10.1. The van der Waals surface area contributed by atoms with Crippen LogP contribution in [0.25, 0.3) is 0 Å². The predicted octanol–water partition coefficient (Wildman–Crippen LogP) is 2.73. The molecule has 1 aromatic carbocycles. The highest BCUT2D eigenvalue weighted by molar-refractivity contribution is 14.1. The molecule has 0 unspecified atom stereocenters. The van der Waals surface area contributed by atoms with E-state index in [9.17, 15) is 0 Å². The monoisotopic (exact) mass is 360 g/mol. The third-order valence-electron chi connectivity index (χ3n) is 3.46. The Hall–Kier alpha value is -0.330. The summed E-state index contributed by atoms with van der Waals surface area (Å²) >= 11 is 2.41. The minimum atomic E-state index is 1.02. The largest absolute Gasteiger partial charge is 0.496 e. The number of aryl methyl sites for hydroxylation is 1. The number of methoxy groups -OCH3 is 1. The van der Waals surface area contributed by atoms with Crippen molar-refractivity contribution in [2.24, 2.45) is 0 Å². The molecular formula is C14H21IN2O. The minimum Gasteiger partial charge on any atom is -0.496 e. The maximum atomic E-state index is 5.46. The zero-order valence-electron chi connectivity index (χ0n) is 11.2. The highest BCUT2D eigenvalue weighted by Crippen LogP contribution is 2.22. The van der Waals surface area contributed by atoms with Crippen molar-refractivity contribution in [3.8, 4) is 5.75 Å². The molecule has 1 heterocycles. The topological polar surface area (TPSA) is 15.7 Å². The van der Waals surface area contributed by atoms with Crippen molar-refractivity contribution in [1.82, 2.24) is 8.01 Å². The van der Waals surface area contributed by atoms with Crippen LogP contribution in [-0.4, -0.2) is 41.3 Å². The highest BCUT2D eigenvalue weighted by atomic mass is 127. The Morgan fingerprint density at radius 2 is 1.94 bits per heavy atom. The van der Waals surface area contributed by atoms with Crippen LogP contribution in [0.3, 0.4) is 0 Å². The van der Waals surface area contributed by atoms with Gasteiger partial charge in [0.25, 0.3) is 0 Å². The van der Waals surface area contributed by atoms with E-state index in [0.717, 1.165) is 44.9 Å². The number of halogens is 1. The number of nitrogens with zero attached hydrogens (tertiary/aromatic N) is 2. The summed E-state index contributed by atoms with van der Waals surface area (Å²) in [5.41, 5.74) is 2.64. The quantitative estimate of drug-likeness (QED) is 0.607. The van der Waals surface area contributed by atoms with Crippen LogP contribution < -0.4 is 4.74 Å². The molecule has 1 aliphatic rings. The van der Waals surface area contributed by atoms with Crippen LogP contribution in [-0.2, 0) is 13.0 Å². The SMILES string of the molecule is CCc1ccc(CN2CCN(I)CC2)cc1OC. The van der Waals surface area contributed by atoms with Gasteiger partial charge in [-0.25, -0.2) is 3.11 Å². The molecule has 1 fully saturated rings. The Bertz CT molecular complexity index is 389. The fourth-order valence-electron chi connectivity index (χ4n) is 2.32. The predicted molar refractivity (Wildman–Crippen MR) is 83.2 cm³/mol. The summed E-state index contributed by atoms with van der Waals surface area (Å²) < 4.78 is 7.81. The Morgan fingerprint density at radius 1 is 1.22 bits per heavy atom. The van der Waals surface area contributed by atoms with E-state index in [1.54, 1.807) is 7.11 Å². The van der Waals surface area contributed by atoms with E-state index in [-0.39, 0.29) is 0 Å². The van der Waals surface area contributed by atoms with Crippen LogP contribution in [0.1, 0.15) is 18.1 Å². The van der Waals surface area contributed by atoms with Crippen molar-refractivity contribution in [3.05, 3.63) is 29.3 Å². The Balaban J connectivity index is 2.01. The molecular weight excluding hydrogens is 339 g/mol. The molecule has 0 radical (unpaired) electrons. The fraction of sp³-hybridized carbons (Fsp3) is 0.571. The average Bonchev–Trinajstić information content (AvgIpc) is 2.41. The van der Waals surface area contributed by atoms with E-state index < -0.39 is 0 Å². The lowest BCUT2D eigenvalue weighted by molar-refractivity contribution is 0.198. The normalized spacial score (nSPS) is 17.9. The Kier molecular flexibility index (Phi) is 5.26. The maximum Gasteiger partial charge on any atom is 0.122 e. The number of piperazine rings is 1. The van der Waals surface area contributed by atoms with Crippen molar-refractivity contribution in [2.75, 3.05) is 33.3 Å². The van der Waals surface area contributed by atoms with Gasteiger partial charge in [-0.2, -0.15) is 0 Å². The first-order chi connectivity index (χ1) is 8.72. The number of benzene rings is 1. The first-order valence-electron chi connectivity index (χ1n) is 6.51. The molecule has 100 valence electrons. The molecule has 0 aliphatic carbocycles. The summed E-state index contributed by atoms with van der Waals surface area (Å²) in [6.07, 6.45) is 1.02. The minimum absolute atomic E-state index is 1.02. The standard InChI is InChI=1S/C14H21IN2O/c1-3-13-5-4-12(10-14(13)18-2)11-16-6-8-17(15)9-7-16/h4-5,10H,3,6-9,11H2,1-2H3. The van der Waals surface area contributed by atoms with Crippen LogP contribution in [0, 0.1) is 0 Å². The van der Waals surface area contributed by atoms with Crippen LogP contribution in [0.4, 0.5) is 0 Å². The van der Waals surface area contributed by atoms with Gasteiger partial charge in [0, 0.05) is 55.6 Å². The zero-order chi connectivity index (χ0) is 13.0. The first-order valence-corrected chi connectivity index (χ1v) is 7.48. The molecule has 4 heteroatoms. The molecule has 0 spiro atoms. The van der Waals surface area contributed by atoms with Gasteiger partial charge >= 0.3 is 0 Å². The van der Waals surface area contributed by atoms with Gasteiger partial charge < -0.3 is 4.74 Å². The Labute approximate surface area is 124 Å². The van der Waals surface area contributed by atoms with Gasteiger partial charge in [-0.05, 0) is 23.6 Å². The lowest BCUT2D eigenvalue weighted by Crippen LogP contribution is -2.41. The number of rotatable bonds is 4. The van der Waals surface area contributed by atoms with Crippen molar-refractivity contribution in [3.63, 3.8) is 0 Å². The van der Waals surface area contributed by atoms with Gasteiger partial charge in [-0.3, -0.25) is 4.90 Å². The molecule has 1 saturated heterocycles. The highest BCUT2D eigenvalue weighted by Gasteiger charge is 2.15. The van der Waals surface area contributed by atoms with E-state index in [4.69, 9.17) is 4.74 Å². The number of ether oxygens (including phenoxy) is 1. The van der Waals surface area contributed by atoms with E-state index in [1.165, 1.54) is 11.1 Å².